The van der Waals surface area contributed by atoms with Crippen LogP contribution in [0.1, 0.15) is 22.8 Å². The molecule has 1 aromatic heterocycles. The largest absolute Gasteiger partial charge is 0.383 e. The van der Waals surface area contributed by atoms with Crippen LogP contribution in [0, 0.1) is 0 Å². The Morgan fingerprint density at radius 2 is 1.92 bits per heavy atom. The predicted octanol–water partition coefficient (Wildman–Crippen LogP) is 2.12. The first-order chi connectivity index (χ1) is 11.4. The molecule has 0 unspecified atom stereocenters. The van der Waals surface area contributed by atoms with Gasteiger partial charge in [-0.05, 0) is 30.7 Å². The first-order valence-electron chi connectivity index (χ1n) is 7.44. The lowest BCUT2D eigenvalue weighted by molar-refractivity contribution is 0.101. The summed E-state index contributed by atoms with van der Waals surface area (Å²) in [4.78, 5) is 15.5. The number of pyridine rings is 1. The second kappa shape index (κ2) is 8.14. The highest BCUT2D eigenvalue weighted by atomic mass is 32.2. The summed E-state index contributed by atoms with van der Waals surface area (Å²) in [7, 11) is -2.18. The fourth-order valence-electron chi connectivity index (χ4n) is 2.18. The van der Waals surface area contributed by atoms with Gasteiger partial charge in [0, 0.05) is 38.2 Å². The second-order valence-electron chi connectivity index (χ2n) is 5.27. The van der Waals surface area contributed by atoms with Crippen LogP contribution in [0.4, 0.5) is 0 Å². The van der Waals surface area contributed by atoms with E-state index >= 15 is 0 Å². The van der Waals surface area contributed by atoms with Gasteiger partial charge >= 0.3 is 0 Å². The summed E-state index contributed by atoms with van der Waals surface area (Å²) < 4.78 is 32.1. The highest BCUT2D eigenvalue weighted by molar-refractivity contribution is 7.89. The van der Waals surface area contributed by atoms with Crippen LogP contribution in [0.2, 0.25) is 0 Å². The highest BCUT2D eigenvalue weighted by Gasteiger charge is 2.24. The van der Waals surface area contributed by atoms with Gasteiger partial charge in [-0.1, -0.05) is 18.2 Å². The zero-order chi connectivity index (χ0) is 17.6. The number of hydrogen-bond acceptors (Lipinski definition) is 5. The molecule has 0 saturated heterocycles. The Morgan fingerprint density at radius 3 is 2.46 bits per heavy atom. The van der Waals surface area contributed by atoms with Crippen LogP contribution in [0.5, 0.6) is 0 Å². The van der Waals surface area contributed by atoms with Gasteiger partial charge in [0.15, 0.2) is 5.78 Å². The van der Waals surface area contributed by atoms with Crippen molar-refractivity contribution in [3.05, 3.63) is 59.9 Å². The minimum Gasteiger partial charge on any atom is -0.383 e. The molecule has 0 aliphatic heterocycles. The zero-order valence-corrected chi connectivity index (χ0v) is 14.5. The van der Waals surface area contributed by atoms with Crippen molar-refractivity contribution in [1.29, 1.82) is 0 Å². The molecule has 2 aromatic rings. The number of ketones is 1. The summed E-state index contributed by atoms with van der Waals surface area (Å²) in [6, 6.07) is 9.53. The van der Waals surface area contributed by atoms with Crippen LogP contribution in [-0.4, -0.2) is 43.8 Å². The molecule has 0 bridgehead atoms. The Labute approximate surface area is 142 Å². The molecule has 0 aliphatic rings. The van der Waals surface area contributed by atoms with Gasteiger partial charge in [-0.2, -0.15) is 4.31 Å². The molecule has 0 aliphatic carbocycles. The van der Waals surface area contributed by atoms with Gasteiger partial charge in [0.05, 0.1) is 11.5 Å². The summed E-state index contributed by atoms with van der Waals surface area (Å²) >= 11 is 0. The fourth-order valence-corrected chi connectivity index (χ4v) is 3.60. The molecule has 0 N–H and O–H groups in total. The number of rotatable bonds is 8. The molecule has 24 heavy (non-hydrogen) atoms. The number of sulfonamides is 1. The number of methoxy groups -OCH3 is 1. The van der Waals surface area contributed by atoms with Gasteiger partial charge in [0.25, 0.3) is 0 Å². The van der Waals surface area contributed by atoms with E-state index in [-0.39, 0.29) is 30.4 Å². The van der Waals surface area contributed by atoms with Crippen LogP contribution in [-0.2, 0) is 21.3 Å². The molecule has 0 radical (unpaired) electrons. The van der Waals surface area contributed by atoms with Gasteiger partial charge < -0.3 is 4.74 Å². The maximum absolute atomic E-state index is 12.9. The second-order valence-corrected chi connectivity index (χ2v) is 7.21. The van der Waals surface area contributed by atoms with Crippen LogP contribution >= 0.6 is 0 Å². The molecule has 0 atom stereocenters. The third kappa shape index (κ3) is 4.47. The summed E-state index contributed by atoms with van der Waals surface area (Å²) in [6.07, 6.45) is 3.27. The van der Waals surface area contributed by atoms with E-state index in [9.17, 15) is 13.2 Å². The highest BCUT2D eigenvalue weighted by Crippen LogP contribution is 2.19. The molecule has 0 fully saturated rings. The summed E-state index contributed by atoms with van der Waals surface area (Å²) in [6.45, 7) is 2.15. The van der Waals surface area contributed by atoms with Crippen molar-refractivity contribution in [2.24, 2.45) is 0 Å². The summed E-state index contributed by atoms with van der Waals surface area (Å²) in [5.74, 6) is -0.106. The van der Waals surface area contributed by atoms with Crippen LogP contribution < -0.4 is 0 Å². The minimum absolute atomic E-state index is 0.106. The third-order valence-electron chi connectivity index (χ3n) is 3.53. The van der Waals surface area contributed by atoms with Gasteiger partial charge in [-0.25, -0.2) is 8.42 Å². The normalized spacial score (nSPS) is 11.6. The molecule has 0 amide bonds. The average molecular weight is 348 g/mol. The number of benzene rings is 1. The molecule has 128 valence electrons. The van der Waals surface area contributed by atoms with E-state index in [0.717, 1.165) is 5.56 Å². The van der Waals surface area contributed by atoms with Gasteiger partial charge in [-0.15, -0.1) is 0 Å². The van der Waals surface area contributed by atoms with E-state index < -0.39 is 10.0 Å². The molecule has 1 aromatic carbocycles. The Hall–Kier alpha value is -2.09. The third-order valence-corrected chi connectivity index (χ3v) is 5.38. The van der Waals surface area contributed by atoms with Crippen molar-refractivity contribution in [3.8, 4) is 0 Å². The SMILES string of the molecule is COCCN(Cc1cccnc1)S(=O)(=O)c1ccc(C(C)=O)cc1. The predicted molar refractivity (Wildman–Crippen MR) is 90.2 cm³/mol. The molecule has 1 heterocycles. The maximum Gasteiger partial charge on any atom is 0.243 e. The molecule has 0 spiro atoms. The van der Waals surface area contributed by atoms with Crippen molar-refractivity contribution in [2.75, 3.05) is 20.3 Å². The van der Waals surface area contributed by atoms with Crippen molar-refractivity contribution >= 4 is 15.8 Å². The number of hydrogen-bond donors (Lipinski definition) is 0. The number of ether oxygens (including phenoxy) is 1. The van der Waals surface area contributed by atoms with Gasteiger partial charge in [0.2, 0.25) is 10.0 Å². The summed E-state index contributed by atoms with van der Waals surface area (Å²) in [5.41, 5.74) is 1.27. The molecular weight excluding hydrogens is 328 g/mol. The Balaban J connectivity index is 2.30. The standard InChI is InChI=1S/C17H20N2O4S/c1-14(20)16-5-7-17(8-6-16)24(21,22)19(10-11-23-2)13-15-4-3-9-18-12-15/h3-9,12H,10-11,13H2,1-2H3. The number of aromatic nitrogens is 1. The van der Waals surface area contributed by atoms with E-state index in [1.54, 1.807) is 18.5 Å². The van der Waals surface area contributed by atoms with Crippen LogP contribution in [0.15, 0.2) is 53.7 Å². The molecule has 7 heteroatoms. The summed E-state index contributed by atoms with van der Waals surface area (Å²) in [5, 5.41) is 0. The number of carbonyl (C=O) groups is 1. The lowest BCUT2D eigenvalue weighted by atomic mass is 10.2. The minimum atomic E-state index is -3.70. The smallest absolute Gasteiger partial charge is 0.243 e. The van der Waals surface area contributed by atoms with E-state index in [1.807, 2.05) is 6.07 Å². The van der Waals surface area contributed by atoms with Crippen molar-refractivity contribution in [3.63, 3.8) is 0 Å². The van der Waals surface area contributed by atoms with Crippen LogP contribution in [0.3, 0.4) is 0 Å². The van der Waals surface area contributed by atoms with Crippen molar-refractivity contribution in [1.82, 2.24) is 9.29 Å². The Kier molecular flexibility index (Phi) is 6.19. The van der Waals surface area contributed by atoms with E-state index in [2.05, 4.69) is 4.98 Å². The lowest BCUT2D eigenvalue weighted by Gasteiger charge is -2.22. The van der Waals surface area contributed by atoms with E-state index in [4.69, 9.17) is 4.74 Å². The van der Waals surface area contributed by atoms with Crippen molar-refractivity contribution < 1.29 is 17.9 Å². The monoisotopic (exact) mass is 348 g/mol. The maximum atomic E-state index is 12.9. The molecule has 0 saturated carbocycles. The topological polar surface area (TPSA) is 76.6 Å². The zero-order valence-electron chi connectivity index (χ0n) is 13.7. The average Bonchev–Trinajstić information content (AvgIpc) is 2.59. The quantitative estimate of drug-likeness (QED) is 0.683. The Bertz CT molecular complexity index is 774. The van der Waals surface area contributed by atoms with E-state index in [0.29, 0.717) is 5.56 Å². The lowest BCUT2D eigenvalue weighted by Crippen LogP contribution is -2.33. The van der Waals surface area contributed by atoms with Crippen LogP contribution in [0.25, 0.3) is 0 Å². The number of carbonyl (C=O) groups excluding carboxylic acids is 1. The first-order valence-corrected chi connectivity index (χ1v) is 8.88. The Morgan fingerprint density at radius 1 is 1.21 bits per heavy atom. The first kappa shape index (κ1) is 18.3. The van der Waals surface area contributed by atoms with Gasteiger partial charge in [-0.3, -0.25) is 9.78 Å². The number of nitrogens with zero attached hydrogens (tertiary/aromatic N) is 2. The molecule has 2 rings (SSSR count). The fraction of sp³-hybridized carbons (Fsp3) is 0.294. The van der Waals surface area contributed by atoms with Crippen molar-refractivity contribution in [2.45, 2.75) is 18.4 Å². The molecule has 6 nitrogen and oxygen atoms in total. The molecular formula is C17H20N2O4S. The van der Waals surface area contributed by atoms with E-state index in [1.165, 1.54) is 42.6 Å². The number of Topliss-reactive ketones (excluding diaryl/α,β-unsaturated/α-hetero) is 1. The van der Waals surface area contributed by atoms with Gasteiger partial charge in [0.1, 0.15) is 0 Å².